The summed E-state index contributed by atoms with van der Waals surface area (Å²) in [4.78, 5) is 1.22. The largest absolute Gasteiger partial charge is 2.00 e. The van der Waals surface area contributed by atoms with Crippen LogP contribution in [0, 0.1) is 13.2 Å². The molecule has 0 N–H and O–H groups in total. The zero-order chi connectivity index (χ0) is 6.69. The van der Waals surface area contributed by atoms with Gasteiger partial charge in [0.25, 0.3) is 0 Å². The van der Waals surface area contributed by atoms with E-state index >= 15 is 0 Å². The van der Waals surface area contributed by atoms with Crippen molar-refractivity contribution in [1.29, 1.82) is 0 Å². The van der Waals surface area contributed by atoms with Gasteiger partial charge in [-0.2, -0.15) is 0 Å². The summed E-state index contributed by atoms with van der Waals surface area (Å²) in [6.07, 6.45) is 3.70. The zero-order valence-corrected chi connectivity index (χ0v) is 9.50. The monoisotopic (exact) mass is 196 g/mol. The predicted octanol–water partition coefficient (Wildman–Crippen LogP) is -0.498. The molecule has 0 unspecified atom stereocenters. The SMILES string of the molecule is [CH2-]Sc1ccc(C)cc1.[Cl-].[Mg+2]. The Morgan fingerprint density at radius 1 is 1.18 bits per heavy atom. The van der Waals surface area contributed by atoms with Gasteiger partial charge in [-0.05, 0) is 11.8 Å². The molecular weight excluding hydrogens is 188 g/mol. The standard InChI is InChI=1S/C8H9S.ClH.Mg/c1-7-3-5-8(9-2)6-4-7;;/h3-6H,2H2,1H3;1H;/q-1;;+2/p-1. The molecule has 1 rings (SSSR count). The molecule has 1 aromatic rings. The first kappa shape index (κ1) is 14.2. The van der Waals surface area contributed by atoms with Gasteiger partial charge < -0.3 is 24.2 Å². The van der Waals surface area contributed by atoms with E-state index in [0.717, 1.165) is 0 Å². The summed E-state index contributed by atoms with van der Waals surface area (Å²) < 4.78 is 0. The summed E-state index contributed by atoms with van der Waals surface area (Å²) in [5.74, 6) is 0. The van der Waals surface area contributed by atoms with Crippen molar-refractivity contribution < 1.29 is 12.4 Å². The second kappa shape index (κ2) is 7.28. The number of rotatable bonds is 1. The predicted molar refractivity (Wildman–Crippen MR) is 48.1 cm³/mol. The van der Waals surface area contributed by atoms with Crippen LogP contribution < -0.4 is 12.4 Å². The van der Waals surface area contributed by atoms with Crippen LogP contribution in [0.1, 0.15) is 5.56 Å². The van der Waals surface area contributed by atoms with Crippen LogP contribution in [0.5, 0.6) is 0 Å². The van der Waals surface area contributed by atoms with Crippen LogP contribution in [0.25, 0.3) is 0 Å². The van der Waals surface area contributed by atoms with Crippen molar-refractivity contribution in [3.63, 3.8) is 0 Å². The van der Waals surface area contributed by atoms with Crippen molar-refractivity contribution in [3.8, 4) is 0 Å². The van der Waals surface area contributed by atoms with Gasteiger partial charge in [0.1, 0.15) is 0 Å². The van der Waals surface area contributed by atoms with E-state index < -0.39 is 0 Å². The molecule has 56 valence electrons. The van der Waals surface area contributed by atoms with E-state index in [1.165, 1.54) is 22.2 Å². The summed E-state index contributed by atoms with van der Waals surface area (Å²) >= 11 is 1.53. The number of benzene rings is 1. The molecule has 11 heavy (non-hydrogen) atoms. The minimum Gasteiger partial charge on any atom is -1.00 e. The van der Waals surface area contributed by atoms with Gasteiger partial charge in [0, 0.05) is 0 Å². The molecule has 3 heteroatoms. The summed E-state index contributed by atoms with van der Waals surface area (Å²) in [5, 5.41) is 0. The molecule has 0 atom stereocenters. The average molecular weight is 197 g/mol. The quantitative estimate of drug-likeness (QED) is 0.332. The molecule has 0 nitrogen and oxygen atoms in total. The van der Waals surface area contributed by atoms with Crippen LogP contribution in [0.15, 0.2) is 29.2 Å². The number of thioether (sulfide) groups is 1. The first-order chi connectivity index (χ1) is 4.33. The normalized spacial score (nSPS) is 7.82. The van der Waals surface area contributed by atoms with E-state index in [2.05, 4.69) is 37.4 Å². The van der Waals surface area contributed by atoms with Gasteiger partial charge in [0.05, 0.1) is 0 Å². The molecule has 0 saturated carbocycles. The summed E-state index contributed by atoms with van der Waals surface area (Å²) in [6.45, 7) is 2.08. The fraction of sp³-hybridized carbons (Fsp3) is 0.125. The van der Waals surface area contributed by atoms with E-state index in [1.54, 1.807) is 0 Å². The topological polar surface area (TPSA) is 0 Å². The van der Waals surface area contributed by atoms with Crippen molar-refractivity contribution in [2.24, 2.45) is 0 Å². The van der Waals surface area contributed by atoms with Gasteiger partial charge >= 0.3 is 23.1 Å². The molecule has 0 fully saturated rings. The van der Waals surface area contributed by atoms with Gasteiger partial charge in [0.15, 0.2) is 0 Å². The molecule has 0 spiro atoms. The number of hydrogen-bond acceptors (Lipinski definition) is 1. The first-order valence-corrected chi connectivity index (χ1v) is 3.80. The maximum Gasteiger partial charge on any atom is 2.00 e. The molecule has 0 radical (unpaired) electrons. The summed E-state index contributed by atoms with van der Waals surface area (Å²) in [7, 11) is 0. The smallest absolute Gasteiger partial charge is 1.00 e. The summed E-state index contributed by atoms with van der Waals surface area (Å²) in [6, 6.07) is 8.33. The van der Waals surface area contributed by atoms with E-state index in [4.69, 9.17) is 0 Å². The molecule has 0 saturated heterocycles. The van der Waals surface area contributed by atoms with E-state index in [1.807, 2.05) is 0 Å². The second-order valence-electron chi connectivity index (χ2n) is 1.96. The van der Waals surface area contributed by atoms with E-state index in [9.17, 15) is 0 Å². The zero-order valence-electron chi connectivity index (χ0n) is 6.51. The van der Waals surface area contributed by atoms with Crippen molar-refractivity contribution in [2.75, 3.05) is 0 Å². The Morgan fingerprint density at radius 2 is 1.64 bits per heavy atom. The fourth-order valence-electron chi connectivity index (χ4n) is 0.634. The van der Waals surface area contributed by atoms with E-state index in [-0.39, 0.29) is 35.5 Å². The molecular formula is C8H9ClMgS. The van der Waals surface area contributed by atoms with Crippen molar-refractivity contribution in [1.82, 2.24) is 0 Å². The minimum atomic E-state index is 0. The Hall–Kier alpha value is 0.626. The van der Waals surface area contributed by atoms with Gasteiger partial charge in [-0.3, -0.25) is 6.26 Å². The van der Waals surface area contributed by atoms with Gasteiger partial charge in [-0.1, -0.05) is 29.8 Å². The molecule has 0 amide bonds. The number of aryl methyl sites for hydroxylation is 1. The maximum absolute atomic E-state index is 3.70. The second-order valence-corrected chi connectivity index (χ2v) is 2.72. The van der Waals surface area contributed by atoms with Gasteiger partial charge in [-0.25, -0.2) is 0 Å². The van der Waals surface area contributed by atoms with E-state index in [0.29, 0.717) is 0 Å². The van der Waals surface area contributed by atoms with Crippen LogP contribution in [0.2, 0.25) is 0 Å². The Morgan fingerprint density at radius 3 is 2.00 bits per heavy atom. The van der Waals surface area contributed by atoms with Crippen LogP contribution in [-0.2, 0) is 0 Å². The van der Waals surface area contributed by atoms with Gasteiger partial charge in [-0.15, -0.1) is 0 Å². The van der Waals surface area contributed by atoms with Crippen LogP contribution in [0.4, 0.5) is 0 Å². The third kappa shape index (κ3) is 4.96. The van der Waals surface area contributed by atoms with Crippen molar-refractivity contribution >= 4 is 34.8 Å². The average Bonchev–Trinajstić information content (AvgIpc) is 1.90. The Kier molecular flexibility index (Phi) is 9.38. The fourth-order valence-corrected chi connectivity index (χ4v) is 0.963. The Bertz CT molecular complexity index is 186. The molecule has 0 aliphatic carbocycles. The molecule has 0 heterocycles. The molecule has 0 aliphatic rings. The third-order valence-corrected chi connectivity index (χ3v) is 1.79. The Labute approximate surface area is 94.7 Å². The minimum absolute atomic E-state index is 0. The number of halogens is 1. The molecule has 0 aliphatic heterocycles. The van der Waals surface area contributed by atoms with Crippen LogP contribution in [-0.4, -0.2) is 23.1 Å². The van der Waals surface area contributed by atoms with Crippen LogP contribution >= 0.6 is 11.8 Å². The van der Waals surface area contributed by atoms with Crippen molar-refractivity contribution in [3.05, 3.63) is 36.1 Å². The molecule has 0 aromatic heterocycles. The Balaban J connectivity index is 0. The third-order valence-electron chi connectivity index (χ3n) is 1.19. The molecule has 1 aromatic carbocycles. The summed E-state index contributed by atoms with van der Waals surface area (Å²) in [5.41, 5.74) is 1.30. The first-order valence-electron chi connectivity index (χ1n) is 2.81. The molecule has 0 bridgehead atoms. The van der Waals surface area contributed by atoms with Gasteiger partial charge in [0.2, 0.25) is 0 Å². The van der Waals surface area contributed by atoms with Crippen LogP contribution in [0.3, 0.4) is 0 Å². The van der Waals surface area contributed by atoms with Crippen molar-refractivity contribution in [2.45, 2.75) is 11.8 Å². The number of hydrogen-bond donors (Lipinski definition) is 0. The maximum atomic E-state index is 3.70.